The summed E-state index contributed by atoms with van der Waals surface area (Å²) in [5, 5.41) is 0. The second-order valence-electron chi connectivity index (χ2n) is 5.69. The van der Waals surface area contributed by atoms with Crippen LogP contribution in [-0.4, -0.2) is 11.6 Å². The third-order valence-corrected chi connectivity index (χ3v) is 3.00. The molecule has 0 aromatic carbocycles. The molecule has 0 N–H and O–H groups in total. The van der Waals surface area contributed by atoms with Gasteiger partial charge in [-0.3, -0.25) is 4.98 Å². The van der Waals surface area contributed by atoms with E-state index < -0.39 is 6.61 Å². The first kappa shape index (κ1) is 15.9. The Balaban J connectivity index is 3.46. The molecular weight excluding hydrogens is 248 g/mol. The number of hydrogen-bond acceptors (Lipinski definition) is 2. The van der Waals surface area contributed by atoms with Gasteiger partial charge in [-0.25, -0.2) is 0 Å². The van der Waals surface area contributed by atoms with E-state index in [1.54, 1.807) is 6.07 Å². The Kier molecular flexibility index (Phi) is 5.27. The lowest BCUT2D eigenvalue weighted by atomic mass is 9.93. The minimum Gasteiger partial charge on any atom is -0.434 e. The smallest absolute Gasteiger partial charge is 0.387 e. The van der Waals surface area contributed by atoms with E-state index in [1.165, 1.54) is 0 Å². The molecule has 1 aromatic rings. The maximum Gasteiger partial charge on any atom is 0.387 e. The van der Waals surface area contributed by atoms with E-state index in [0.29, 0.717) is 0 Å². The van der Waals surface area contributed by atoms with Crippen molar-refractivity contribution in [2.75, 3.05) is 0 Å². The van der Waals surface area contributed by atoms with Crippen molar-refractivity contribution in [3.05, 3.63) is 23.0 Å². The Bertz CT molecular complexity index is 428. The lowest BCUT2D eigenvalue weighted by Gasteiger charge is -2.21. The van der Waals surface area contributed by atoms with Crippen molar-refractivity contribution in [1.29, 1.82) is 0 Å². The number of hydrogen-bond donors (Lipinski definition) is 0. The molecule has 0 aliphatic carbocycles. The van der Waals surface area contributed by atoms with E-state index in [1.807, 2.05) is 41.5 Å². The zero-order valence-electron chi connectivity index (χ0n) is 12.5. The van der Waals surface area contributed by atoms with Gasteiger partial charge in [0, 0.05) is 17.3 Å². The predicted molar refractivity (Wildman–Crippen MR) is 73.1 cm³/mol. The molecule has 0 saturated heterocycles. The van der Waals surface area contributed by atoms with Gasteiger partial charge in [0.15, 0.2) is 0 Å². The van der Waals surface area contributed by atoms with Crippen LogP contribution in [0.5, 0.6) is 5.75 Å². The molecule has 0 aliphatic heterocycles. The van der Waals surface area contributed by atoms with Gasteiger partial charge in [0.05, 0.1) is 5.69 Å². The molecule has 2 nitrogen and oxygen atoms in total. The SMILES string of the molecule is CC(C)c1cc(OC(F)F)c(C(C)C)c(C(C)C)n1. The monoisotopic (exact) mass is 271 g/mol. The highest BCUT2D eigenvalue weighted by Crippen LogP contribution is 2.35. The minimum absolute atomic E-state index is 0.0971. The van der Waals surface area contributed by atoms with Crippen molar-refractivity contribution in [1.82, 2.24) is 4.98 Å². The van der Waals surface area contributed by atoms with Crippen LogP contribution in [0.15, 0.2) is 6.07 Å². The maximum atomic E-state index is 12.6. The van der Waals surface area contributed by atoms with Gasteiger partial charge in [0.1, 0.15) is 5.75 Å². The fraction of sp³-hybridized carbons (Fsp3) is 0.667. The third kappa shape index (κ3) is 3.88. The molecule has 0 saturated carbocycles. The summed E-state index contributed by atoms with van der Waals surface area (Å²) in [6, 6.07) is 1.65. The Labute approximate surface area is 114 Å². The summed E-state index contributed by atoms with van der Waals surface area (Å²) in [4.78, 5) is 4.64. The normalized spacial score (nSPS) is 12.0. The van der Waals surface area contributed by atoms with Gasteiger partial charge < -0.3 is 4.74 Å². The minimum atomic E-state index is -2.81. The molecule has 0 radical (unpaired) electrons. The second kappa shape index (κ2) is 6.31. The van der Waals surface area contributed by atoms with Gasteiger partial charge in [0.25, 0.3) is 0 Å². The van der Waals surface area contributed by atoms with Crippen LogP contribution in [0, 0.1) is 0 Å². The average Bonchev–Trinajstić information content (AvgIpc) is 2.26. The molecule has 0 aliphatic rings. The Morgan fingerprint density at radius 2 is 1.53 bits per heavy atom. The van der Waals surface area contributed by atoms with E-state index in [-0.39, 0.29) is 23.5 Å². The van der Waals surface area contributed by atoms with E-state index in [4.69, 9.17) is 4.74 Å². The zero-order chi connectivity index (χ0) is 14.7. The standard InChI is InChI=1S/C15H23F2NO/c1-8(2)11-7-12(19-15(16)17)13(9(3)4)14(18-11)10(5)6/h7-10,15H,1-6H3. The largest absolute Gasteiger partial charge is 0.434 e. The summed E-state index contributed by atoms with van der Waals surface area (Å²) in [7, 11) is 0. The molecule has 1 aromatic heterocycles. The van der Waals surface area contributed by atoms with Gasteiger partial charge in [-0.1, -0.05) is 41.5 Å². The lowest BCUT2D eigenvalue weighted by Crippen LogP contribution is -2.12. The summed E-state index contributed by atoms with van der Waals surface area (Å²) in [5.41, 5.74) is 2.44. The first-order chi connectivity index (χ1) is 8.73. The molecule has 19 heavy (non-hydrogen) atoms. The first-order valence-electron chi connectivity index (χ1n) is 6.73. The number of nitrogens with zero attached hydrogens (tertiary/aromatic N) is 1. The quantitative estimate of drug-likeness (QED) is 0.747. The summed E-state index contributed by atoms with van der Waals surface area (Å²) >= 11 is 0. The summed E-state index contributed by atoms with van der Waals surface area (Å²) < 4.78 is 29.9. The third-order valence-electron chi connectivity index (χ3n) is 3.00. The summed E-state index contributed by atoms with van der Waals surface area (Å²) in [5.74, 6) is 0.724. The van der Waals surface area contributed by atoms with Crippen molar-refractivity contribution in [3.8, 4) is 5.75 Å². The fourth-order valence-corrected chi connectivity index (χ4v) is 2.08. The lowest BCUT2D eigenvalue weighted by molar-refractivity contribution is -0.0507. The molecule has 0 fully saturated rings. The van der Waals surface area contributed by atoms with Crippen LogP contribution in [0.2, 0.25) is 0 Å². The van der Waals surface area contributed by atoms with E-state index in [0.717, 1.165) is 17.0 Å². The van der Waals surface area contributed by atoms with Crippen molar-refractivity contribution in [2.45, 2.75) is 65.9 Å². The molecular formula is C15H23F2NO. The fourth-order valence-electron chi connectivity index (χ4n) is 2.08. The number of rotatable bonds is 5. The van der Waals surface area contributed by atoms with Crippen LogP contribution in [-0.2, 0) is 0 Å². The molecule has 0 amide bonds. The number of alkyl halides is 2. The van der Waals surface area contributed by atoms with E-state index >= 15 is 0 Å². The molecule has 0 unspecified atom stereocenters. The highest BCUT2D eigenvalue weighted by molar-refractivity contribution is 5.42. The highest BCUT2D eigenvalue weighted by Gasteiger charge is 2.21. The van der Waals surface area contributed by atoms with Gasteiger partial charge in [-0.15, -0.1) is 0 Å². The number of pyridine rings is 1. The Morgan fingerprint density at radius 3 is 1.89 bits per heavy atom. The summed E-state index contributed by atoms with van der Waals surface area (Å²) in [6.07, 6.45) is 0. The van der Waals surface area contributed by atoms with Gasteiger partial charge in [-0.05, 0) is 17.8 Å². The van der Waals surface area contributed by atoms with E-state index in [9.17, 15) is 8.78 Å². The molecule has 0 spiro atoms. The molecule has 108 valence electrons. The van der Waals surface area contributed by atoms with Crippen molar-refractivity contribution in [3.63, 3.8) is 0 Å². The molecule has 1 rings (SSSR count). The van der Waals surface area contributed by atoms with Crippen molar-refractivity contribution in [2.24, 2.45) is 0 Å². The first-order valence-corrected chi connectivity index (χ1v) is 6.73. The number of aromatic nitrogens is 1. The van der Waals surface area contributed by atoms with Crippen LogP contribution in [0.4, 0.5) is 8.78 Å². The molecule has 0 atom stereocenters. The zero-order valence-corrected chi connectivity index (χ0v) is 12.5. The average molecular weight is 271 g/mol. The predicted octanol–water partition coefficient (Wildman–Crippen LogP) is 5.05. The van der Waals surface area contributed by atoms with Crippen LogP contribution < -0.4 is 4.74 Å². The van der Waals surface area contributed by atoms with Crippen molar-refractivity contribution < 1.29 is 13.5 Å². The Morgan fingerprint density at radius 1 is 0.947 bits per heavy atom. The molecule has 4 heteroatoms. The topological polar surface area (TPSA) is 22.1 Å². The van der Waals surface area contributed by atoms with E-state index in [2.05, 4.69) is 4.98 Å². The number of halogens is 2. The molecule has 1 heterocycles. The van der Waals surface area contributed by atoms with Crippen molar-refractivity contribution >= 4 is 0 Å². The van der Waals surface area contributed by atoms with Crippen LogP contribution >= 0.6 is 0 Å². The van der Waals surface area contributed by atoms with Gasteiger partial charge in [-0.2, -0.15) is 8.78 Å². The van der Waals surface area contributed by atoms with Gasteiger partial charge >= 0.3 is 6.61 Å². The number of ether oxygens (including phenoxy) is 1. The molecule has 0 bridgehead atoms. The van der Waals surface area contributed by atoms with Crippen LogP contribution in [0.1, 0.15) is 76.2 Å². The summed E-state index contributed by atoms with van der Waals surface area (Å²) in [6.45, 7) is 9.16. The maximum absolute atomic E-state index is 12.6. The van der Waals surface area contributed by atoms with Crippen LogP contribution in [0.25, 0.3) is 0 Å². The Hall–Kier alpha value is -1.19. The second-order valence-corrected chi connectivity index (χ2v) is 5.69. The van der Waals surface area contributed by atoms with Crippen LogP contribution in [0.3, 0.4) is 0 Å². The highest BCUT2D eigenvalue weighted by atomic mass is 19.3. The van der Waals surface area contributed by atoms with Gasteiger partial charge in [0.2, 0.25) is 0 Å².